The number of sulfonamides is 1. The SMILES string of the molecule is CC(CCl)CS(=O)(=O)Nc1nc(C(C)(C)C)cs1. The van der Waals surface area contributed by atoms with Crippen molar-refractivity contribution in [3.05, 3.63) is 11.1 Å². The molecule has 0 aliphatic heterocycles. The van der Waals surface area contributed by atoms with E-state index < -0.39 is 10.0 Å². The number of halogens is 1. The van der Waals surface area contributed by atoms with Crippen molar-refractivity contribution in [3.63, 3.8) is 0 Å². The highest BCUT2D eigenvalue weighted by atomic mass is 35.5. The van der Waals surface area contributed by atoms with Crippen molar-refractivity contribution in [1.82, 2.24) is 4.98 Å². The van der Waals surface area contributed by atoms with E-state index in [2.05, 4.69) is 9.71 Å². The summed E-state index contributed by atoms with van der Waals surface area (Å²) in [5.74, 6) is 0.263. The molecule has 0 aromatic carbocycles. The highest BCUT2D eigenvalue weighted by molar-refractivity contribution is 7.92. The zero-order valence-corrected chi connectivity index (χ0v) is 13.4. The van der Waals surface area contributed by atoms with Crippen molar-refractivity contribution >= 4 is 38.1 Å². The van der Waals surface area contributed by atoms with Crippen LogP contribution in [0.25, 0.3) is 0 Å². The minimum absolute atomic E-state index is 0.0148. The van der Waals surface area contributed by atoms with E-state index in [1.54, 1.807) is 6.92 Å². The third-order valence-electron chi connectivity index (χ3n) is 2.28. The fourth-order valence-corrected chi connectivity index (χ4v) is 4.11. The molecule has 0 saturated carbocycles. The Balaban J connectivity index is 2.76. The van der Waals surface area contributed by atoms with Crippen molar-refractivity contribution in [2.75, 3.05) is 16.4 Å². The van der Waals surface area contributed by atoms with Gasteiger partial charge in [0.05, 0.1) is 11.4 Å². The van der Waals surface area contributed by atoms with Crippen molar-refractivity contribution in [2.45, 2.75) is 33.1 Å². The van der Waals surface area contributed by atoms with Crippen molar-refractivity contribution in [1.29, 1.82) is 0 Å². The van der Waals surface area contributed by atoms with Gasteiger partial charge in [-0.15, -0.1) is 22.9 Å². The maximum atomic E-state index is 11.8. The summed E-state index contributed by atoms with van der Waals surface area (Å²) in [6.45, 7) is 7.91. The maximum Gasteiger partial charge on any atom is 0.234 e. The van der Waals surface area contributed by atoms with Gasteiger partial charge in [-0.3, -0.25) is 4.72 Å². The summed E-state index contributed by atoms with van der Waals surface area (Å²) in [6, 6.07) is 0. The first kappa shape index (κ1) is 15.7. The van der Waals surface area contributed by atoms with Crippen LogP contribution in [0.2, 0.25) is 0 Å². The molecule has 0 aliphatic carbocycles. The topological polar surface area (TPSA) is 59.1 Å². The second-order valence-corrected chi connectivity index (χ2v) is 8.36. The van der Waals surface area contributed by atoms with Crippen LogP contribution in [0, 0.1) is 5.92 Å². The summed E-state index contributed by atoms with van der Waals surface area (Å²) in [6.07, 6.45) is 0. The Bertz CT molecular complexity index is 491. The van der Waals surface area contributed by atoms with E-state index in [1.807, 2.05) is 26.2 Å². The second-order valence-electron chi connectivity index (χ2n) is 5.43. The number of nitrogens with zero attached hydrogens (tertiary/aromatic N) is 1. The van der Waals surface area contributed by atoms with Crippen LogP contribution in [0.3, 0.4) is 0 Å². The molecule has 0 radical (unpaired) electrons. The molecule has 0 fully saturated rings. The van der Waals surface area contributed by atoms with E-state index in [9.17, 15) is 8.42 Å². The predicted molar refractivity (Wildman–Crippen MR) is 78.1 cm³/mol. The van der Waals surface area contributed by atoms with Crippen LogP contribution in [-0.4, -0.2) is 25.0 Å². The first-order valence-electron chi connectivity index (χ1n) is 5.66. The van der Waals surface area contributed by atoms with Crippen molar-refractivity contribution in [2.24, 2.45) is 5.92 Å². The number of alkyl halides is 1. The van der Waals surface area contributed by atoms with Gasteiger partial charge in [0.15, 0.2) is 5.13 Å². The Labute approximate surface area is 118 Å². The average molecular weight is 311 g/mol. The van der Waals surface area contributed by atoms with Crippen LogP contribution in [-0.2, 0) is 15.4 Å². The average Bonchev–Trinajstić information content (AvgIpc) is 2.63. The minimum Gasteiger partial charge on any atom is -0.259 e. The van der Waals surface area contributed by atoms with Gasteiger partial charge in [-0.1, -0.05) is 27.7 Å². The van der Waals surface area contributed by atoms with Crippen molar-refractivity contribution in [3.8, 4) is 0 Å². The summed E-state index contributed by atoms with van der Waals surface area (Å²) in [4.78, 5) is 4.30. The largest absolute Gasteiger partial charge is 0.259 e. The molecule has 1 aromatic rings. The molecule has 4 nitrogen and oxygen atoms in total. The number of anilines is 1. The van der Waals surface area contributed by atoms with Gasteiger partial charge in [0, 0.05) is 16.7 Å². The molecule has 1 atom stereocenters. The van der Waals surface area contributed by atoms with E-state index in [1.165, 1.54) is 11.3 Å². The molecule has 0 bridgehead atoms. The molecule has 7 heteroatoms. The molecule has 1 N–H and O–H groups in total. The molecule has 1 unspecified atom stereocenters. The molecule has 0 spiro atoms. The maximum absolute atomic E-state index is 11.8. The first-order valence-corrected chi connectivity index (χ1v) is 8.73. The van der Waals surface area contributed by atoms with E-state index in [-0.39, 0.29) is 17.1 Å². The zero-order valence-electron chi connectivity index (χ0n) is 11.0. The summed E-state index contributed by atoms with van der Waals surface area (Å²) >= 11 is 6.92. The lowest BCUT2D eigenvalue weighted by atomic mass is 9.93. The van der Waals surface area contributed by atoms with Gasteiger partial charge < -0.3 is 0 Å². The van der Waals surface area contributed by atoms with E-state index in [0.29, 0.717) is 11.0 Å². The standard InChI is InChI=1S/C11H19ClN2O2S2/c1-8(5-12)7-18(15,16)14-10-13-9(6-17-10)11(2,3)4/h6,8H,5,7H2,1-4H3,(H,13,14). The minimum atomic E-state index is -3.36. The predicted octanol–water partition coefficient (Wildman–Crippen LogP) is 3.06. The van der Waals surface area contributed by atoms with Crippen LogP contribution in [0.15, 0.2) is 5.38 Å². The quantitative estimate of drug-likeness (QED) is 0.850. The Hall–Kier alpha value is -0.330. The van der Waals surface area contributed by atoms with E-state index in [4.69, 9.17) is 11.6 Å². The van der Waals surface area contributed by atoms with Crippen LogP contribution in [0.5, 0.6) is 0 Å². The number of rotatable bonds is 5. The fraction of sp³-hybridized carbons (Fsp3) is 0.727. The molecule has 18 heavy (non-hydrogen) atoms. The lowest BCUT2D eigenvalue weighted by Gasteiger charge is -2.14. The van der Waals surface area contributed by atoms with Crippen LogP contribution in [0.1, 0.15) is 33.4 Å². The fourth-order valence-electron chi connectivity index (χ4n) is 1.26. The van der Waals surface area contributed by atoms with E-state index >= 15 is 0 Å². The monoisotopic (exact) mass is 310 g/mol. The second kappa shape index (κ2) is 5.75. The van der Waals surface area contributed by atoms with Gasteiger partial charge in [0.25, 0.3) is 0 Å². The summed E-state index contributed by atoms with van der Waals surface area (Å²) < 4.78 is 26.1. The summed E-state index contributed by atoms with van der Waals surface area (Å²) in [5.41, 5.74) is 0.805. The van der Waals surface area contributed by atoms with E-state index in [0.717, 1.165) is 5.69 Å². The lowest BCUT2D eigenvalue weighted by Crippen LogP contribution is -2.22. The van der Waals surface area contributed by atoms with Gasteiger partial charge in [0.2, 0.25) is 10.0 Å². The first-order chi connectivity index (χ1) is 8.14. The Morgan fingerprint density at radius 3 is 2.56 bits per heavy atom. The Morgan fingerprint density at radius 2 is 2.11 bits per heavy atom. The molecule has 0 amide bonds. The molecule has 1 aromatic heterocycles. The summed E-state index contributed by atoms with van der Waals surface area (Å²) in [7, 11) is -3.36. The molecular formula is C11H19ClN2O2S2. The van der Waals surface area contributed by atoms with Gasteiger partial charge in [-0.2, -0.15) is 0 Å². The normalized spacial score (nSPS) is 14.5. The highest BCUT2D eigenvalue weighted by Gasteiger charge is 2.20. The molecule has 1 heterocycles. The molecule has 0 saturated heterocycles. The number of hydrogen-bond acceptors (Lipinski definition) is 4. The number of thiazole rings is 1. The smallest absolute Gasteiger partial charge is 0.234 e. The molecule has 1 rings (SSSR count). The molecule has 0 aliphatic rings. The van der Waals surface area contributed by atoms with Crippen LogP contribution >= 0.6 is 22.9 Å². The van der Waals surface area contributed by atoms with Gasteiger partial charge in [0.1, 0.15) is 0 Å². The lowest BCUT2D eigenvalue weighted by molar-refractivity contribution is 0.573. The third kappa shape index (κ3) is 4.74. The number of aromatic nitrogens is 1. The highest BCUT2D eigenvalue weighted by Crippen LogP contribution is 2.27. The van der Waals surface area contributed by atoms with Gasteiger partial charge in [-0.05, 0) is 5.92 Å². The third-order valence-corrected chi connectivity index (χ3v) is 5.21. The molecular weight excluding hydrogens is 292 g/mol. The molecule has 104 valence electrons. The zero-order chi connectivity index (χ0) is 14.0. The van der Waals surface area contributed by atoms with Gasteiger partial charge in [-0.25, -0.2) is 13.4 Å². The van der Waals surface area contributed by atoms with Crippen LogP contribution in [0.4, 0.5) is 5.13 Å². The van der Waals surface area contributed by atoms with Crippen LogP contribution < -0.4 is 4.72 Å². The Kier molecular flexibility index (Phi) is 5.03. The summed E-state index contributed by atoms with van der Waals surface area (Å²) in [5, 5.41) is 2.30. The number of hydrogen-bond donors (Lipinski definition) is 1. The number of nitrogens with one attached hydrogen (secondary N) is 1. The van der Waals surface area contributed by atoms with Crippen molar-refractivity contribution < 1.29 is 8.42 Å². The Morgan fingerprint density at radius 1 is 1.50 bits per heavy atom. The van der Waals surface area contributed by atoms with Gasteiger partial charge >= 0.3 is 0 Å².